The van der Waals surface area contributed by atoms with Gasteiger partial charge in [0.15, 0.2) is 0 Å². The minimum atomic E-state index is 0.0586. The van der Waals surface area contributed by atoms with Gasteiger partial charge in [0.1, 0.15) is 17.6 Å². The molecule has 0 aromatic heterocycles. The Morgan fingerprint density at radius 2 is 2.00 bits per heavy atom. The highest BCUT2D eigenvalue weighted by Crippen LogP contribution is 2.45. The van der Waals surface area contributed by atoms with Gasteiger partial charge in [0, 0.05) is 5.56 Å². The van der Waals surface area contributed by atoms with E-state index in [1.807, 2.05) is 24.3 Å². The fourth-order valence-electron chi connectivity index (χ4n) is 2.08. The Morgan fingerprint density at radius 3 is 2.93 bits per heavy atom. The topological polar surface area (TPSA) is 29.5 Å². The maximum atomic E-state index is 9.73. The number of ether oxygens (including phenoxy) is 1. The molecule has 0 saturated carbocycles. The van der Waals surface area contributed by atoms with Gasteiger partial charge in [-0.05, 0) is 18.2 Å². The van der Waals surface area contributed by atoms with Crippen LogP contribution >= 0.6 is 0 Å². The van der Waals surface area contributed by atoms with E-state index in [1.54, 1.807) is 12.1 Å². The average Bonchev–Trinajstić information content (AvgIpc) is 2.57. The summed E-state index contributed by atoms with van der Waals surface area (Å²) in [6.07, 6.45) is 8.11. The number of allylic oxidation sites excluding steroid dienone is 2. The lowest BCUT2D eigenvalue weighted by molar-refractivity contribution is 0.269. The Balaban J connectivity index is 2.17. The van der Waals surface area contributed by atoms with E-state index < -0.39 is 0 Å². The third-order valence-corrected chi connectivity index (χ3v) is 2.72. The monoisotopic (exact) mass is 186 g/mol. The molecule has 0 radical (unpaired) electrons. The Kier molecular flexibility index (Phi) is 1.45. The molecule has 1 aromatic rings. The van der Waals surface area contributed by atoms with Crippen molar-refractivity contribution in [3.8, 4) is 11.5 Å². The van der Waals surface area contributed by atoms with Crippen LogP contribution in [-0.2, 0) is 0 Å². The normalized spacial score (nSPS) is 26.9. The zero-order valence-corrected chi connectivity index (χ0v) is 7.55. The summed E-state index contributed by atoms with van der Waals surface area (Å²) in [7, 11) is 0. The van der Waals surface area contributed by atoms with Crippen LogP contribution in [-0.4, -0.2) is 11.2 Å². The standard InChI is InChI=1S/C12H10O2/c13-9-5-3-7-11-12(9)8-4-1-2-6-10(8)14-11/h1-8,10,13H. The van der Waals surface area contributed by atoms with E-state index in [-0.39, 0.29) is 12.0 Å². The number of phenolic OH excluding ortho intramolecular Hbond substituents is 1. The van der Waals surface area contributed by atoms with Crippen molar-refractivity contribution in [1.29, 1.82) is 0 Å². The highest BCUT2D eigenvalue weighted by atomic mass is 16.5. The van der Waals surface area contributed by atoms with Crippen LogP contribution in [0.4, 0.5) is 0 Å². The van der Waals surface area contributed by atoms with Crippen LogP contribution < -0.4 is 4.74 Å². The summed E-state index contributed by atoms with van der Waals surface area (Å²) in [5, 5.41) is 9.73. The van der Waals surface area contributed by atoms with Crippen molar-refractivity contribution in [3.05, 3.63) is 48.1 Å². The highest BCUT2D eigenvalue weighted by Gasteiger charge is 2.33. The molecule has 2 heteroatoms. The predicted molar refractivity (Wildman–Crippen MR) is 53.5 cm³/mol. The lowest BCUT2D eigenvalue weighted by Gasteiger charge is -2.14. The summed E-state index contributed by atoms with van der Waals surface area (Å²) in [6, 6.07) is 5.41. The van der Waals surface area contributed by atoms with Gasteiger partial charge in [-0.15, -0.1) is 0 Å². The molecule has 0 bridgehead atoms. The van der Waals surface area contributed by atoms with Crippen LogP contribution in [0, 0.1) is 0 Å². The van der Waals surface area contributed by atoms with E-state index >= 15 is 0 Å². The second kappa shape index (κ2) is 2.64. The van der Waals surface area contributed by atoms with Crippen molar-refractivity contribution < 1.29 is 9.84 Å². The van der Waals surface area contributed by atoms with Crippen LogP contribution in [0.3, 0.4) is 0 Å². The Hall–Kier alpha value is -1.70. The third-order valence-electron chi connectivity index (χ3n) is 2.72. The second-order valence-electron chi connectivity index (χ2n) is 3.57. The molecule has 1 N–H and O–H groups in total. The highest BCUT2D eigenvalue weighted by molar-refractivity contribution is 5.53. The summed E-state index contributed by atoms with van der Waals surface area (Å²) < 4.78 is 5.69. The first-order valence-electron chi connectivity index (χ1n) is 4.70. The largest absolute Gasteiger partial charge is 0.508 e. The first-order valence-corrected chi connectivity index (χ1v) is 4.70. The maximum absolute atomic E-state index is 9.73. The van der Waals surface area contributed by atoms with Gasteiger partial charge in [-0.2, -0.15) is 0 Å². The molecule has 2 unspecified atom stereocenters. The van der Waals surface area contributed by atoms with Crippen molar-refractivity contribution in [2.45, 2.75) is 12.0 Å². The fourth-order valence-corrected chi connectivity index (χ4v) is 2.08. The molecule has 70 valence electrons. The van der Waals surface area contributed by atoms with Gasteiger partial charge < -0.3 is 9.84 Å². The van der Waals surface area contributed by atoms with E-state index in [2.05, 4.69) is 6.08 Å². The van der Waals surface area contributed by atoms with E-state index in [0.717, 1.165) is 11.3 Å². The zero-order chi connectivity index (χ0) is 9.54. The van der Waals surface area contributed by atoms with Gasteiger partial charge in [0.25, 0.3) is 0 Å². The molecule has 0 fully saturated rings. The molecule has 1 heterocycles. The van der Waals surface area contributed by atoms with E-state index in [0.29, 0.717) is 5.75 Å². The van der Waals surface area contributed by atoms with Gasteiger partial charge in [-0.1, -0.05) is 24.3 Å². The molecule has 0 spiro atoms. The van der Waals surface area contributed by atoms with Crippen molar-refractivity contribution in [3.63, 3.8) is 0 Å². The van der Waals surface area contributed by atoms with Gasteiger partial charge >= 0.3 is 0 Å². The van der Waals surface area contributed by atoms with Crippen molar-refractivity contribution in [2.75, 3.05) is 0 Å². The minimum absolute atomic E-state index is 0.0586. The number of aromatic hydroxyl groups is 1. The molecule has 1 aliphatic heterocycles. The minimum Gasteiger partial charge on any atom is -0.508 e. The summed E-state index contributed by atoms with van der Waals surface area (Å²) >= 11 is 0. The maximum Gasteiger partial charge on any atom is 0.128 e. The molecule has 2 atom stereocenters. The third kappa shape index (κ3) is 0.909. The smallest absolute Gasteiger partial charge is 0.128 e. The lowest BCUT2D eigenvalue weighted by atomic mass is 9.91. The Labute approximate surface area is 82.1 Å². The first kappa shape index (κ1) is 7.68. The van der Waals surface area contributed by atoms with Crippen molar-refractivity contribution in [2.24, 2.45) is 0 Å². The number of benzene rings is 1. The summed E-state index contributed by atoms with van der Waals surface area (Å²) in [4.78, 5) is 0. The van der Waals surface area contributed by atoms with Gasteiger partial charge in [0.05, 0.1) is 5.92 Å². The summed E-state index contributed by atoms with van der Waals surface area (Å²) in [5.74, 6) is 1.31. The lowest BCUT2D eigenvalue weighted by Crippen LogP contribution is -2.15. The van der Waals surface area contributed by atoms with Crippen LogP contribution in [0.1, 0.15) is 11.5 Å². The predicted octanol–water partition coefficient (Wildman–Crippen LogP) is 2.36. The molecular weight excluding hydrogens is 176 g/mol. The first-order chi connectivity index (χ1) is 6.86. The van der Waals surface area contributed by atoms with Crippen LogP contribution in [0.5, 0.6) is 11.5 Å². The van der Waals surface area contributed by atoms with E-state index in [9.17, 15) is 5.11 Å². The molecule has 1 aliphatic carbocycles. The number of rotatable bonds is 0. The van der Waals surface area contributed by atoms with E-state index in [1.165, 1.54) is 0 Å². The molecule has 2 nitrogen and oxygen atoms in total. The number of hydrogen-bond acceptors (Lipinski definition) is 2. The summed E-state index contributed by atoms with van der Waals surface area (Å²) in [6.45, 7) is 0. The SMILES string of the molecule is Oc1cccc2c1C1C=CC=CC1O2. The molecular formula is C12H10O2. The fraction of sp³-hybridized carbons (Fsp3) is 0.167. The van der Waals surface area contributed by atoms with Crippen LogP contribution in [0.25, 0.3) is 0 Å². The molecule has 14 heavy (non-hydrogen) atoms. The van der Waals surface area contributed by atoms with E-state index in [4.69, 9.17) is 4.74 Å². The van der Waals surface area contributed by atoms with Gasteiger partial charge in [-0.25, -0.2) is 0 Å². The van der Waals surface area contributed by atoms with Crippen LogP contribution in [0.2, 0.25) is 0 Å². The quantitative estimate of drug-likeness (QED) is 0.674. The molecule has 3 rings (SSSR count). The van der Waals surface area contributed by atoms with Gasteiger partial charge in [0.2, 0.25) is 0 Å². The molecule has 2 aliphatic rings. The van der Waals surface area contributed by atoms with Gasteiger partial charge in [-0.3, -0.25) is 0 Å². The molecule has 1 aromatic carbocycles. The average molecular weight is 186 g/mol. The Bertz CT molecular complexity index is 432. The Morgan fingerprint density at radius 1 is 1.14 bits per heavy atom. The number of hydrogen-bond donors (Lipinski definition) is 1. The number of phenols is 1. The number of fused-ring (bicyclic) bond motifs is 3. The second-order valence-corrected chi connectivity index (χ2v) is 3.57. The van der Waals surface area contributed by atoms with Crippen molar-refractivity contribution >= 4 is 0 Å². The molecule has 0 saturated heterocycles. The summed E-state index contributed by atoms with van der Waals surface area (Å²) in [5.41, 5.74) is 0.915. The van der Waals surface area contributed by atoms with Crippen molar-refractivity contribution in [1.82, 2.24) is 0 Å². The van der Waals surface area contributed by atoms with Crippen LogP contribution in [0.15, 0.2) is 42.5 Å². The molecule has 0 amide bonds. The zero-order valence-electron chi connectivity index (χ0n) is 7.55.